The Bertz CT molecular complexity index is 597. The highest BCUT2D eigenvalue weighted by atomic mass is 16.7. The quantitative estimate of drug-likeness (QED) is 0.882. The van der Waals surface area contributed by atoms with Crippen molar-refractivity contribution in [3.63, 3.8) is 0 Å². The molecule has 2 aliphatic heterocycles. The molecule has 1 aromatic heterocycles. The molecule has 0 unspecified atom stereocenters. The molecule has 1 amide bonds. The second-order valence-corrected chi connectivity index (χ2v) is 7.54. The summed E-state index contributed by atoms with van der Waals surface area (Å²) in [5, 5.41) is 10.9. The van der Waals surface area contributed by atoms with E-state index in [1.165, 1.54) is 0 Å². The number of ether oxygens (including phenoxy) is 3. The van der Waals surface area contributed by atoms with Crippen molar-refractivity contribution in [3.05, 3.63) is 29.6 Å². The van der Waals surface area contributed by atoms with Crippen LogP contribution in [0.25, 0.3) is 0 Å². The zero-order valence-corrected chi connectivity index (χ0v) is 15.0. The second-order valence-electron chi connectivity index (χ2n) is 7.54. The maximum absolute atomic E-state index is 12.1. The van der Waals surface area contributed by atoms with E-state index < -0.39 is 17.5 Å². The van der Waals surface area contributed by atoms with E-state index in [0.29, 0.717) is 44.8 Å². The van der Waals surface area contributed by atoms with Gasteiger partial charge in [-0.2, -0.15) is 0 Å². The molecule has 3 rings (SSSR count). The summed E-state index contributed by atoms with van der Waals surface area (Å²) in [4.78, 5) is 18.1. The van der Waals surface area contributed by atoms with Crippen molar-refractivity contribution in [1.29, 1.82) is 0 Å². The number of aliphatic hydroxyl groups is 1. The zero-order chi connectivity index (χ0) is 18.1. The van der Waals surface area contributed by atoms with Crippen molar-refractivity contribution < 1.29 is 24.1 Å². The molecule has 1 N–H and O–H groups in total. The smallest absolute Gasteiger partial charge is 0.410 e. The minimum Gasteiger partial charge on any atom is -0.444 e. The highest BCUT2D eigenvalue weighted by Crippen LogP contribution is 2.33. The highest BCUT2D eigenvalue weighted by molar-refractivity contribution is 5.68. The normalized spacial score (nSPS) is 21.4. The van der Waals surface area contributed by atoms with Crippen LogP contribution in [-0.2, 0) is 19.8 Å². The second kappa shape index (κ2) is 6.90. The summed E-state index contributed by atoms with van der Waals surface area (Å²) in [6.45, 7) is 7.56. The van der Waals surface area contributed by atoms with Crippen LogP contribution in [0.4, 0.5) is 4.79 Å². The van der Waals surface area contributed by atoms with Crippen LogP contribution in [0, 0.1) is 0 Å². The molecular weight excluding hydrogens is 324 g/mol. The number of hydrogen-bond donors (Lipinski definition) is 1. The van der Waals surface area contributed by atoms with E-state index in [1.807, 2.05) is 32.9 Å². The highest BCUT2D eigenvalue weighted by Gasteiger charge is 2.37. The van der Waals surface area contributed by atoms with Crippen LogP contribution in [0.5, 0.6) is 0 Å². The molecule has 0 spiro atoms. The topological polar surface area (TPSA) is 81.1 Å². The molecule has 7 heteroatoms. The van der Waals surface area contributed by atoms with E-state index in [-0.39, 0.29) is 6.09 Å². The summed E-state index contributed by atoms with van der Waals surface area (Å²) in [5.41, 5.74) is -0.0507. The fraction of sp³-hybridized carbons (Fsp3) is 0.667. The molecule has 1 aromatic rings. The number of piperidine rings is 1. The molecule has 0 aromatic carbocycles. The van der Waals surface area contributed by atoms with E-state index in [0.717, 1.165) is 5.56 Å². The number of nitrogens with zero attached hydrogens (tertiary/aromatic N) is 2. The third kappa shape index (κ3) is 4.29. The molecular formula is C18H26N2O5. The maximum Gasteiger partial charge on any atom is 0.410 e. The lowest BCUT2D eigenvalue weighted by Gasteiger charge is -2.38. The zero-order valence-electron chi connectivity index (χ0n) is 15.0. The molecule has 0 bridgehead atoms. The molecule has 3 heterocycles. The molecule has 25 heavy (non-hydrogen) atoms. The minimum atomic E-state index is -0.985. The number of carbonyl (C=O) groups is 1. The van der Waals surface area contributed by atoms with Gasteiger partial charge in [-0.05, 0) is 39.7 Å². The summed E-state index contributed by atoms with van der Waals surface area (Å²) in [7, 11) is 0. The monoisotopic (exact) mass is 350 g/mol. The van der Waals surface area contributed by atoms with Crippen molar-refractivity contribution in [2.24, 2.45) is 0 Å². The number of hydrogen-bond acceptors (Lipinski definition) is 6. The van der Waals surface area contributed by atoms with Gasteiger partial charge >= 0.3 is 6.09 Å². The van der Waals surface area contributed by atoms with Crippen molar-refractivity contribution in [2.75, 3.05) is 26.3 Å². The van der Waals surface area contributed by atoms with Crippen molar-refractivity contribution in [2.45, 2.75) is 51.1 Å². The largest absolute Gasteiger partial charge is 0.444 e. The summed E-state index contributed by atoms with van der Waals surface area (Å²) < 4.78 is 16.2. The van der Waals surface area contributed by atoms with Gasteiger partial charge in [0.1, 0.15) is 5.60 Å². The number of pyridine rings is 1. The fourth-order valence-electron chi connectivity index (χ4n) is 3.02. The van der Waals surface area contributed by atoms with Crippen LogP contribution >= 0.6 is 0 Å². The molecule has 0 radical (unpaired) electrons. The first kappa shape index (κ1) is 18.1. The van der Waals surface area contributed by atoms with Gasteiger partial charge in [0, 0.05) is 24.8 Å². The molecule has 138 valence electrons. The Morgan fingerprint density at radius 1 is 1.28 bits per heavy atom. The Kier molecular flexibility index (Phi) is 4.99. The number of carbonyl (C=O) groups excluding carboxylic acids is 1. The van der Waals surface area contributed by atoms with Gasteiger partial charge in [-0.25, -0.2) is 4.79 Å². The number of amides is 1. The van der Waals surface area contributed by atoms with Crippen LogP contribution in [0.3, 0.4) is 0 Å². The van der Waals surface area contributed by atoms with Crippen LogP contribution < -0.4 is 0 Å². The summed E-state index contributed by atoms with van der Waals surface area (Å²) in [6.07, 6.45) is 1.81. The SMILES string of the molecule is CC(C)(C)OC(=O)N1CCC(O)(c2ccc(C3OCCO3)nc2)CC1. The summed E-state index contributed by atoms with van der Waals surface area (Å²) in [5.74, 6) is 0. The average molecular weight is 350 g/mol. The van der Waals surface area contributed by atoms with Crippen LogP contribution in [0.1, 0.15) is 51.2 Å². The van der Waals surface area contributed by atoms with E-state index in [1.54, 1.807) is 11.1 Å². The third-order valence-electron chi connectivity index (χ3n) is 4.43. The first-order valence-corrected chi connectivity index (χ1v) is 8.67. The van der Waals surface area contributed by atoms with Crippen molar-refractivity contribution in [3.8, 4) is 0 Å². The first-order chi connectivity index (χ1) is 11.8. The Labute approximate surface area is 147 Å². The van der Waals surface area contributed by atoms with Gasteiger partial charge in [0.15, 0.2) is 0 Å². The molecule has 0 atom stereocenters. The van der Waals surface area contributed by atoms with Gasteiger partial charge < -0.3 is 24.2 Å². The minimum absolute atomic E-state index is 0.335. The number of rotatable bonds is 2. The lowest BCUT2D eigenvalue weighted by atomic mass is 9.85. The summed E-state index contributed by atoms with van der Waals surface area (Å²) >= 11 is 0. The number of aromatic nitrogens is 1. The fourth-order valence-corrected chi connectivity index (χ4v) is 3.02. The van der Waals surface area contributed by atoms with Gasteiger partial charge in [0.2, 0.25) is 6.29 Å². The third-order valence-corrected chi connectivity index (χ3v) is 4.43. The molecule has 7 nitrogen and oxygen atoms in total. The van der Waals surface area contributed by atoms with E-state index >= 15 is 0 Å². The Hall–Kier alpha value is -1.70. The first-order valence-electron chi connectivity index (χ1n) is 8.67. The summed E-state index contributed by atoms with van der Waals surface area (Å²) in [6, 6.07) is 3.68. The van der Waals surface area contributed by atoms with Crippen LogP contribution in [0.15, 0.2) is 18.3 Å². The molecule has 2 fully saturated rings. The Balaban J connectivity index is 1.61. The maximum atomic E-state index is 12.1. The van der Waals surface area contributed by atoms with Crippen molar-refractivity contribution in [1.82, 2.24) is 9.88 Å². The van der Waals surface area contributed by atoms with Crippen LogP contribution in [-0.4, -0.2) is 53.0 Å². The average Bonchev–Trinajstić information content (AvgIpc) is 3.08. The Morgan fingerprint density at radius 3 is 2.44 bits per heavy atom. The number of likely N-dealkylation sites (tertiary alicyclic amines) is 1. The van der Waals surface area contributed by atoms with Gasteiger partial charge in [0.05, 0.1) is 24.5 Å². The van der Waals surface area contributed by atoms with Gasteiger partial charge in [-0.1, -0.05) is 6.07 Å². The van der Waals surface area contributed by atoms with Gasteiger partial charge in [-0.15, -0.1) is 0 Å². The molecule has 2 aliphatic rings. The van der Waals surface area contributed by atoms with Gasteiger partial charge in [-0.3, -0.25) is 4.98 Å². The van der Waals surface area contributed by atoms with Gasteiger partial charge in [0.25, 0.3) is 0 Å². The van der Waals surface area contributed by atoms with Crippen molar-refractivity contribution >= 4 is 6.09 Å². The molecule has 0 saturated carbocycles. The Morgan fingerprint density at radius 2 is 1.92 bits per heavy atom. The van der Waals surface area contributed by atoms with E-state index in [4.69, 9.17) is 14.2 Å². The van der Waals surface area contributed by atoms with E-state index in [9.17, 15) is 9.90 Å². The predicted molar refractivity (Wildman–Crippen MR) is 89.8 cm³/mol. The standard InChI is InChI=1S/C18H26N2O5/c1-17(2,3)25-16(21)20-8-6-18(22,7-9-20)13-4-5-14(19-12-13)15-23-10-11-24-15/h4-5,12,15,22H,6-11H2,1-3H3. The predicted octanol–water partition coefficient (Wildman–Crippen LogP) is 2.35. The lowest BCUT2D eigenvalue weighted by Crippen LogP contribution is -2.46. The van der Waals surface area contributed by atoms with E-state index in [2.05, 4.69) is 4.98 Å². The van der Waals surface area contributed by atoms with Crippen LogP contribution in [0.2, 0.25) is 0 Å². The lowest BCUT2D eigenvalue weighted by molar-refractivity contribution is -0.0482. The molecule has 2 saturated heterocycles. The molecule has 0 aliphatic carbocycles.